The molecule has 0 radical (unpaired) electrons. The third-order valence-corrected chi connectivity index (χ3v) is 3.08. The number of benzene rings is 1. The molecule has 0 aliphatic rings. The predicted molar refractivity (Wildman–Crippen MR) is 72.8 cm³/mol. The van der Waals surface area contributed by atoms with E-state index in [1.54, 1.807) is 18.2 Å². The van der Waals surface area contributed by atoms with Crippen molar-refractivity contribution in [2.45, 2.75) is 13.8 Å². The number of hydrogen-bond acceptors (Lipinski definition) is 4. The van der Waals surface area contributed by atoms with Gasteiger partial charge in [0.25, 0.3) is 0 Å². The van der Waals surface area contributed by atoms with Crippen molar-refractivity contribution < 1.29 is 9.21 Å². The summed E-state index contributed by atoms with van der Waals surface area (Å²) in [7, 11) is 0. The molecule has 1 amide bonds. The summed E-state index contributed by atoms with van der Waals surface area (Å²) >= 11 is 0. The number of aromatic nitrogens is 1. The molecule has 0 spiro atoms. The van der Waals surface area contributed by atoms with Gasteiger partial charge in [-0.05, 0) is 18.1 Å². The third-order valence-electron chi connectivity index (χ3n) is 3.08. The zero-order valence-electron chi connectivity index (χ0n) is 10.9. The van der Waals surface area contributed by atoms with Gasteiger partial charge in [-0.2, -0.15) is 0 Å². The molecule has 2 aromatic rings. The second kappa shape index (κ2) is 5.27. The van der Waals surface area contributed by atoms with Crippen molar-refractivity contribution in [3.8, 4) is 0 Å². The van der Waals surface area contributed by atoms with E-state index in [1.807, 2.05) is 13.8 Å². The number of amides is 1. The van der Waals surface area contributed by atoms with Gasteiger partial charge in [-0.3, -0.25) is 9.78 Å². The Balaban J connectivity index is 2.21. The molecule has 0 aliphatic carbocycles. The van der Waals surface area contributed by atoms with E-state index in [2.05, 4.69) is 10.3 Å². The Bertz CT molecular complexity index is 642. The molecule has 6 heteroatoms. The van der Waals surface area contributed by atoms with Gasteiger partial charge in [0.2, 0.25) is 5.91 Å². The molecule has 0 saturated carbocycles. The topological polar surface area (TPSA) is 101 Å². The van der Waals surface area contributed by atoms with Gasteiger partial charge < -0.3 is 15.5 Å². The van der Waals surface area contributed by atoms with Crippen molar-refractivity contribution in [1.29, 1.82) is 0 Å². The molecule has 0 bridgehead atoms. The molecule has 6 nitrogen and oxygen atoms in total. The highest BCUT2D eigenvalue weighted by Crippen LogP contribution is 2.18. The molecule has 19 heavy (non-hydrogen) atoms. The third kappa shape index (κ3) is 2.85. The van der Waals surface area contributed by atoms with E-state index in [-0.39, 0.29) is 17.7 Å². The summed E-state index contributed by atoms with van der Waals surface area (Å²) in [5.74, 6) is -0.719. The summed E-state index contributed by atoms with van der Waals surface area (Å²) < 4.78 is 4.94. The van der Waals surface area contributed by atoms with E-state index in [4.69, 9.17) is 10.2 Å². The first-order valence-electron chi connectivity index (χ1n) is 6.15. The van der Waals surface area contributed by atoms with Crippen LogP contribution in [-0.4, -0.2) is 17.4 Å². The number of hydrogen-bond donors (Lipinski definition) is 3. The van der Waals surface area contributed by atoms with E-state index >= 15 is 0 Å². The lowest BCUT2D eigenvalue weighted by Crippen LogP contribution is -2.33. The molecule has 0 fully saturated rings. The predicted octanol–water partition coefficient (Wildman–Crippen LogP) is 1.29. The lowest BCUT2D eigenvalue weighted by Gasteiger charge is -2.18. The van der Waals surface area contributed by atoms with Gasteiger partial charge in [-0.15, -0.1) is 0 Å². The van der Waals surface area contributed by atoms with Crippen molar-refractivity contribution in [1.82, 2.24) is 4.98 Å². The maximum absolute atomic E-state index is 12.0. The normalized spacial score (nSPS) is 12.8. The minimum Gasteiger partial charge on any atom is -0.408 e. The number of fused-ring (bicyclic) bond motifs is 1. The number of H-pyrrole nitrogens is 1. The van der Waals surface area contributed by atoms with Crippen LogP contribution in [0.25, 0.3) is 11.1 Å². The van der Waals surface area contributed by atoms with Crippen LogP contribution in [0.1, 0.15) is 13.8 Å². The first kappa shape index (κ1) is 13.4. The molecule has 102 valence electrons. The number of oxazole rings is 1. The Morgan fingerprint density at radius 2 is 2.21 bits per heavy atom. The maximum Gasteiger partial charge on any atom is 0.417 e. The molecule has 1 aromatic carbocycles. The van der Waals surface area contributed by atoms with Gasteiger partial charge in [0.1, 0.15) is 0 Å². The van der Waals surface area contributed by atoms with Crippen LogP contribution in [-0.2, 0) is 4.79 Å². The number of anilines is 1. The lowest BCUT2D eigenvalue weighted by atomic mass is 9.95. The molecule has 1 aromatic heterocycles. The van der Waals surface area contributed by atoms with Gasteiger partial charge in [0, 0.05) is 18.3 Å². The molecular weight excluding hydrogens is 246 g/mol. The van der Waals surface area contributed by atoms with E-state index in [0.717, 1.165) is 0 Å². The van der Waals surface area contributed by atoms with E-state index in [9.17, 15) is 9.59 Å². The van der Waals surface area contributed by atoms with Crippen LogP contribution >= 0.6 is 0 Å². The highest BCUT2D eigenvalue weighted by atomic mass is 16.4. The molecule has 0 aliphatic heterocycles. The summed E-state index contributed by atoms with van der Waals surface area (Å²) in [5, 5.41) is 2.78. The number of carbonyl (C=O) groups is 1. The Kier molecular flexibility index (Phi) is 3.71. The Morgan fingerprint density at radius 3 is 2.84 bits per heavy atom. The van der Waals surface area contributed by atoms with Crippen LogP contribution in [0.2, 0.25) is 0 Å². The first-order chi connectivity index (χ1) is 9.01. The average molecular weight is 263 g/mol. The molecule has 1 atom stereocenters. The lowest BCUT2D eigenvalue weighted by molar-refractivity contribution is -0.120. The summed E-state index contributed by atoms with van der Waals surface area (Å²) in [6.07, 6.45) is 0. The maximum atomic E-state index is 12.0. The van der Waals surface area contributed by atoms with Gasteiger partial charge >= 0.3 is 5.76 Å². The summed E-state index contributed by atoms with van der Waals surface area (Å²) in [6.45, 7) is 4.20. The SMILES string of the molecule is CC(C)C(CN)C(=O)Nc1ccc2[nH]c(=O)oc2c1. The van der Waals surface area contributed by atoms with Crippen LogP contribution in [0.5, 0.6) is 0 Å². The molecule has 2 rings (SSSR count). The Hall–Kier alpha value is -2.08. The number of nitrogens with two attached hydrogens (primary N) is 1. The summed E-state index contributed by atoms with van der Waals surface area (Å²) in [5.41, 5.74) is 7.19. The van der Waals surface area contributed by atoms with E-state index < -0.39 is 5.76 Å². The monoisotopic (exact) mass is 263 g/mol. The van der Waals surface area contributed by atoms with Crippen molar-refractivity contribution in [2.24, 2.45) is 17.6 Å². The average Bonchev–Trinajstić information content (AvgIpc) is 2.68. The van der Waals surface area contributed by atoms with Crippen LogP contribution in [0.3, 0.4) is 0 Å². The van der Waals surface area contributed by atoms with Gasteiger partial charge in [-0.25, -0.2) is 4.79 Å². The fraction of sp³-hybridized carbons (Fsp3) is 0.385. The van der Waals surface area contributed by atoms with E-state index in [0.29, 0.717) is 23.3 Å². The van der Waals surface area contributed by atoms with Crippen molar-refractivity contribution in [2.75, 3.05) is 11.9 Å². The number of carbonyl (C=O) groups excluding carboxylic acids is 1. The smallest absolute Gasteiger partial charge is 0.408 e. The van der Waals surface area contributed by atoms with Crippen LogP contribution in [0.4, 0.5) is 5.69 Å². The molecule has 4 N–H and O–H groups in total. The van der Waals surface area contributed by atoms with Gasteiger partial charge in [-0.1, -0.05) is 13.8 Å². The van der Waals surface area contributed by atoms with Crippen LogP contribution in [0.15, 0.2) is 27.4 Å². The van der Waals surface area contributed by atoms with Crippen LogP contribution < -0.4 is 16.8 Å². The molecule has 1 heterocycles. The minimum absolute atomic E-state index is 0.130. The highest BCUT2D eigenvalue weighted by molar-refractivity contribution is 5.94. The van der Waals surface area contributed by atoms with Crippen molar-refractivity contribution in [3.05, 3.63) is 28.7 Å². The van der Waals surface area contributed by atoms with Crippen molar-refractivity contribution >= 4 is 22.7 Å². The largest absolute Gasteiger partial charge is 0.417 e. The second-order valence-electron chi connectivity index (χ2n) is 4.80. The zero-order chi connectivity index (χ0) is 14.0. The quantitative estimate of drug-likeness (QED) is 0.773. The fourth-order valence-corrected chi connectivity index (χ4v) is 1.94. The summed E-state index contributed by atoms with van der Waals surface area (Å²) in [4.78, 5) is 25.6. The number of aromatic amines is 1. The summed E-state index contributed by atoms with van der Waals surface area (Å²) in [6, 6.07) is 5.00. The Labute approximate surface area is 110 Å². The van der Waals surface area contributed by atoms with Gasteiger partial charge in [0.05, 0.1) is 11.4 Å². The molecule has 0 saturated heterocycles. The second-order valence-corrected chi connectivity index (χ2v) is 4.80. The number of nitrogens with one attached hydrogen (secondary N) is 2. The van der Waals surface area contributed by atoms with Gasteiger partial charge in [0.15, 0.2) is 5.58 Å². The number of rotatable bonds is 4. The standard InChI is InChI=1S/C13H17N3O3/c1-7(2)9(6-14)12(17)15-8-3-4-10-11(5-8)19-13(18)16-10/h3-5,7,9H,6,14H2,1-2H3,(H,15,17)(H,16,18). The molecule has 1 unspecified atom stereocenters. The van der Waals surface area contributed by atoms with Crippen LogP contribution in [0, 0.1) is 11.8 Å². The highest BCUT2D eigenvalue weighted by Gasteiger charge is 2.20. The van der Waals surface area contributed by atoms with E-state index in [1.165, 1.54) is 0 Å². The fourth-order valence-electron chi connectivity index (χ4n) is 1.94. The molecular formula is C13H17N3O3. The van der Waals surface area contributed by atoms with Crippen molar-refractivity contribution in [3.63, 3.8) is 0 Å². The zero-order valence-corrected chi connectivity index (χ0v) is 10.9. The minimum atomic E-state index is -0.513. The first-order valence-corrected chi connectivity index (χ1v) is 6.15. The Morgan fingerprint density at radius 1 is 1.47 bits per heavy atom.